The van der Waals surface area contributed by atoms with E-state index in [1.54, 1.807) is 6.07 Å². The van der Waals surface area contributed by atoms with Crippen molar-refractivity contribution in [1.29, 1.82) is 0 Å². The fourth-order valence-electron chi connectivity index (χ4n) is 2.02. The summed E-state index contributed by atoms with van der Waals surface area (Å²) in [6.45, 7) is 2.41. The largest absolute Gasteiger partial charge is 0.454 e. The number of benzene rings is 2. The summed E-state index contributed by atoms with van der Waals surface area (Å²) < 4.78 is 11.1. The fraction of sp³-hybridized carbons (Fsp3) is 0.176. The van der Waals surface area contributed by atoms with Crippen LogP contribution >= 0.6 is 11.6 Å². The summed E-state index contributed by atoms with van der Waals surface area (Å²) in [7, 11) is 0. The lowest BCUT2D eigenvalue weighted by Crippen LogP contribution is -2.01. The summed E-state index contributed by atoms with van der Waals surface area (Å²) in [5.74, 6) is 2.52. The van der Waals surface area contributed by atoms with Gasteiger partial charge in [-0.3, -0.25) is 0 Å². The molecule has 0 spiro atoms. The molecule has 0 saturated carbocycles. The van der Waals surface area contributed by atoms with Crippen molar-refractivity contribution in [2.24, 2.45) is 0 Å². The Morgan fingerprint density at radius 1 is 1.09 bits per heavy atom. The van der Waals surface area contributed by atoms with Gasteiger partial charge in [0.1, 0.15) is 5.75 Å². The summed E-state index contributed by atoms with van der Waals surface area (Å²) in [4.78, 5) is 4.27. The first-order valence-electron chi connectivity index (χ1n) is 7.33. The quantitative estimate of drug-likeness (QED) is 0.711. The van der Waals surface area contributed by atoms with Crippen LogP contribution in [0.3, 0.4) is 0 Å². The van der Waals surface area contributed by atoms with Crippen LogP contribution in [0.5, 0.6) is 11.5 Å². The molecule has 0 fully saturated rings. The molecule has 118 valence electrons. The van der Waals surface area contributed by atoms with Gasteiger partial charge >= 0.3 is 0 Å². The normalized spacial score (nSPS) is 10.5. The number of hydrogen-bond donors (Lipinski definition) is 1. The highest BCUT2D eigenvalue weighted by molar-refractivity contribution is 6.32. The topological polar surface area (TPSA) is 60.2 Å². The van der Waals surface area contributed by atoms with Gasteiger partial charge in [-0.15, -0.1) is 0 Å². The standard InChI is InChI=1S/C17H16ClN3O2/c1-2-16-20-17(23-21-16)11-19-13-8-4-6-10-15(13)22-14-9-5-3-7-12(14)18/h3-10,19H,2,11H2,1H3. The Morgan fingerprint density at radius 3 is 2.57 bits per heavy atom. The zero-order chi connectivity index (χ0) is 16.1. The molecule has 3 rings (SSSR count). The minimum atomic E-state index is 0.426. The Balaban J connectivity index is 1.74. The van der Waals surface area contributed by atoms with Crippen LogP contribution in [0, 0.1) is 0 Å². The molecule has 5 nitrogen and oxygen atoms in total. The van der Waals surface area contributed by atoms with Gasteiger partial charge in [-0.1, -0.05) is 47.9 Å². The van der Waals surface area contributed by atoms with Crippen molar-refractivity contribution in [1.82, 2.24) is 10.1 Å². The number of hydrogen-bond acceptors (Lipinski definition) is 5. The highest BCUT2D eigenvalue weighted by Gasteiger charge is 2.09. The SMILES string of the molecule is CCc1noc(CNc2ccccc2Oc2ccccc2Cl)n1. The van der Waals surface area contributed by atoms with Gasteiger partial charge in [0.15, 0.2) is 11.6 Å². The summed E-state index contributed by atoms with van der Waals surface area (Å²) in [6.07, 6.45) is 0.746. The van der Waals surface area contributed by atoms with E-state index in [4.69, 9.17) is 20.9 Å². The van der Waals surface area contributed by atoms with Gasteiger partial charge in [-0.05, 0) is 24.3 Å². The lowest BCUT2D eigenvalue weighted by molar-refractivity contribution is 0.378. The number of ether oxygens (including phenoxy) is 1. The lowest BCUT2D eigenvalue weighted by atomic mass is 10.3. The first-order chi connectivity index (χ1) is 11.3. The van der Waals surface area contributed by atoms with Gasteiger partial charge in [0.05, 0.1) is 17.3 Å². The number of nitrogens with one attached hydrogen (secondary N) is 1. The zero-order valence-electron chi connectivity index (χ0n) is 12.6. The molecule has 23 heavy (non-hydrogen) atoms. The number of anilines is 1. The molecule has 0 aliphatic rings. The summed E-state index contributed by atoms with van der Waals surface area (Å²) in [6, 6.07) is 15.0. The molecule has 0 unspecified atom stereocenters. The maximum atomic E-state index is 6.14. The zero-order valence-corrected chi connectivity index (χ0v) is 13.4. The first-order valence-corrected chi connectivity index (χ1v) is 7.71. The number of aryl methyl sites for hydroxylation is 1. The third kappa shape index (κ3) is 3.81. The van der Waals surface area contributed by atoms with Crippen molar-refractivity contribution in [3.63, 3.8) is 0 Å². The predicted molar refractivity (Wildman–Crippen MR) is 89.0 cm³/mol. The summed E-state index contributed by atoms with van der Waals surface area (Å²) in [5, 5.41) is 7.68. The van der Waals surface area contributed by atoms with E-state index in [0.717, 1.165) is 12.1 Å². The molecular weight excluding hydrogens is 314 g/mol. The van der Waals surface area contributed by atoms with Gasteiger partial charge in [0.25, 0.3) is 0 Å². The highest BCUT2D eigenvalue weighted by atomic mass is 35.5. The summed E-state index contributed by atoms with van der Waals surface area (Å²) >= 11 is 6.14. The van der Waals surface area contributed by atoms with Crippen LogP contribution in [-0.2, 0) is 13.0 Å². The van der Waals surface area contributed by atoms with Gasteiger partial charge in [-0.25, -0.2) is 0 Å². The van der Waals surface area contributed by atoms with E-state index in [9.17, 15) is 0 Å². The van der Waals surface area contributed by atoms with Gasteiger partial charge in [0.2, 0.25) is 5.89 Å². The van der Waals surface area contributed by atoms with Crippen molar-refractivity contribution in [2.75, 3.05) is 5.32 Å². The smallest absolute Gasteiger partial charge is 0.245 e. The average Bonchev–Trinajstić information content (AvgIpc) is 3.04. The van der Waals surface area contributed by atoms with Crippen molar-refractivity contribution >= 4 is 17.3 Å². The Hall–Kier alpha value is -2.53. The fourth-order valence-corrected chi connectivity index (χ4v) is 2.20. The number of nitrogens with zero attached hydrogens (tertiary/aromatic N) is 2. The molecule has 0 aliphatic heterocycles. The second kappa shape index (κ2) is 7.15. The molecule has 0 bridgehead atoms. The minimum Gasteiger partial charge on any atom is -0.454 e. The Morgan fingerprint density at radius 2 is 1.83 bits per heavy atom. The maximum Gasteiger partial charge on any atom is 0.245 e. The molecule has 1 heterocycles. The van der Waals surface area contributed by atoms with Crippen molar-refractivity contribution in [3.05, 3.63) is 65.3 Å². The number of para-hydroxylation sites is 3. The molecule has 6 heteroatoms. The van der Waals surface area contributed by atoms with Crippen molar-refractivity contribution in [2.45, 2.75) is 19.9 Å². The van der Waals surface area contributed by atoms with E-state index in [0.29, 0.717) is 34.8 Å². The van der Waals surface area contributed by atoms with E-state index >= 15 is 0 Å². The van der Waals surface area contributed by atoms with Crippen LogP contribution in [-0.4, -0.2) is 10.1 Å². The van der Waals surface area contributed by atoms with Gasteiger partial charge in [0, 0.05) is 6.42 Å². The first kappa shape index (κ1) is 15.4. The van der Waals surface area contributed by atoms with Gasteiger partial charge in [-0.2, -0.15) is 4.98 Å². The molecule has 0 atom stereocenters. The monoisotopic (exact) mass is 329 g/mol. The number of aromatic nitrogens is 2. The third-order valence-corrected chi connectivity index (χ3v) is 3.51. The van der Waals surface area contributed by atoms with Crippen LogP contribution < -0.4 is 10.1 Å². The van der Waals surface area contributed by atoms with E-state index < -0.39 is 0 Å². The molecule has 0 saturated heterocycles. The maximum absolute atomic E-state index is 6.14. The number of rotatable bonds is 6. The highest BCUT2D eigenvalue weighted by Crippen LogP contribution is 2.33. The van der Waals surface area contributed by atoms with Crippen LogP contribution in [0.4, 0.5) is 5.69 Å². The molecule has 2 aromatic carbocycles. The van der Waals surface area contributed by atoms with Crippen molar-refractivity contribution in [3.8, 4) is 11.5 Å². The third-order valence-electron chi connectivity index (χ3n) is 3.20. The molecule has 1 N–H and O–H groups in total. The average molecular weight is 330 g/mol. The Bertz CT molecular complexity index is 789. The molecule has 3 aromatic rings. The summed E-state index contributed by atoms with van der Waals surface area (Å²) in [5.41, 5.74) is 0.823. The number of halogens is 1. The van der Waals surface area contributed by atoms with E-state index in [2.05, 4.69) is 15.5 Å². The van der Waals surface area contributed by atoms with E-state index in [1.165, 1.54) is 0 Å². The van der Waals surface area contributed by atoms with Gasteiger partial charge < -0.3 is 14.6 Å². The second-order valence-corrected chi connectivity index (χ2v) is 5.25. The molecular formula is C17H16ClN3O2. The van der Waals surface area contributed by atoms with Crippen molar-refractivity contribution < 1.29 is 9.26 Å². The van der Waals surface area contributed by atoms with Crippen LogP contribution in [0.1, 0.15) is 18.6 Å². The molecule has 0 radical (unpaired) electrons. The molecule has 0 amide bonds. The Kier molecular flexibility index (Phi) is 4.78. The lowest BCUT2D eigenvalue weighted by Gasteiger charge is -2.12. The minimum absolute atomic E-state index is 0.426. The van der Waals surface area contributed by atoms with E-state index in [1.807, 2.05) is 49.4 Å². The predicted octanol–water partition coefficient (Wildman–Crippen LogP) is 4.69. The molecule has 1 aromatic heterocycles. The Labute approximate surface area is 139 Å². The molecule has 0 aliphatic carbocycles. The van der Waals surface area contributed by atoms with Crippen LogP contribution in [0.15, 0.2) is 53.1 Å². The van der Waals surface area contributed by atoms with Crippen LogP contribution in [0.25, 0.3) is 0 Å². The van der Waals surface area contributed by atoms with E-state index in [-0.39, 0.29) is 0 Å². The second-order valence-electron chi connectivity index (χ2n) is 4.84. The van der Waals surface area contributed by atoms with Crippen LogP contribution in [0.2, 0.25) is 5.02 Å².